The zero-order valence-electron chi connectivity index (χ0n) is 8.77. The minimum atomic E-state index is 0.424. The van der Waals surface area contributed by atoms with Gasteiger partial charge in [-0.15, -0.1) is 0 Å². The Balaban J connectivity index is 2.34. The summed E-state index contributed by atoms with van der Waals surface area (Å²) in [5, 5.41) is 0. The van der Waals surface area contributed by atoms with Gasteiger partial charge in [0, 0.05) is 5.92 Å². The third-order valence-corrected chi connectivity index (χ3v) is 2.69. The Kier molecular flexibility index (Phi) is 3.08. The fourth-order valence-electron chi connectivity index (χ4n) is 1.90. The molecule has 0 saturated carbocycles. The van der Waals surface area contributed by atoms with Crippen molar-refractivity contribution in [1.29, 1.82) is 0 Å². The van der Waals surface area contributed by atoms with E-state index in [1.165, 1.54) is 11.1 Å². The molecule has 0 aliphatic rings. The van der Waals surface area contributed by atoms with E-state index in [0.29, 0.717) is 5.92 Å². The molecular formula is C15H15+. The average Bonchev–Trinajstić information content (AvgIpc) is 2.33. The van der Waals surface area contributed by atoms with Crippen molar-refractivity contribution in [1.82, 2.24) is 0 Å². The van der Waals surface area contributed by atoms with Crippen LogP contribution in [0.4, 0.5) is 0 Å². The SMILES string of the molecule is [CH2+]CC(c1ccccc1)c1ccccc1. The highest BCUT2D eigenvalue weighted by molar-refractivity contribution is 5.32. The maximum Gasteiger partial charge on any atom is 0.0959 e. The lowest BCUT2D eigenvalue weighted by molar-refractivity contribution is 0.827. The lowest BCUT2D eigenvalue weighted by Crippen LogP contribution is -1.98. The first kappa shape index (κ1) is 9.85. The van der Waals surface area contributed by atoms with Crippen LogP contribution in [0.5, 0.6) is 0 Å². The summed E-state index contributed by atoms with van der Waals surface area (Å²) in [4.78, 5) is 0. The van der Waals surface area contributed by atoms with E-state index in [1.54, 1.807) is 0 Å². The standard InChI is InChI=1S/C15H15/c1-2-15(13-9-5-3-6-10-13)14-11-7-4-8-12-14/h3-12,15H,1-2H2/q+1. The van der Waals surface area contributed by atoms with Crippen molar-refractivity contribution in [2.75, 3.05) is 0 Å². The van der Waals surface area contributed by atoms with Crippen LogP contribution in [0.2, 0.25) is 0 Å². The lowest BCUT2D eigenvalue weighted by atomic mass is 9.89. The van der Waals surface area contributed by atoms with Gasteiger partial charge in [-0.1, -0.05) is 60.7 Å². The molecule has 0 atom stereocenters. The quantitative estimate of drug-likeness (QED) is 0.648. The Hall–Kier alpha value is -1.69. The zero-order valence-corrected chi connectivity index (χ0v) is 8.77. The molecule has 0 aliphatic heterocycles. The van der Waals surface area contributed by atoms with Gasteiger partial charge >= 0.3 is 0 Å². The van der Waals surface area contributed by atoms with Gasteiger partial charge in [0.25, 0.3) is 0 Å². The maximum atomic E-state index is 4.04. The average molecular weight is 195 g/mol. The Morgan fingerprint density at radius 3 is 1.47 bits per heavy atom. The normalized spacial score (nSPS) is 10.5. The summed E-state index contributed by atoms with van der Waals surface area (Å²) in [6, 6.07) is 21.1. The van der Waals surface area contributed by atoms with E-state index in [1.807, 2.05) is 0 Å². The molecule has 0 N–H and O–H groups in total. The Bertz CT molecular complexity index is 349. The van der Waals surface area contributed by atoms with Gasteiger partial charge in [-0.05, 0) is 11.1 Å². The predicted octanol–water partition coefficient (Wildman–Crippen LogP) is 4.04. The molecular weight excluding hydrogens is 180 g/mol. The Morgan fingerprint density at radius 2 is 1.13 bits per heavy atom. The topological polar surface area (TPSA) is 0 Å². The number of hydrogen-bond donors (Lipinski definition) is 0. The first-order valence-electron chi connectivity index (χ1n) is 5.31. The monoisotopic (exact) mass is 195 g/mol. The molecule has 0 heteroatoms. The van der Waals surface area contributed by atoms with E-state index in [9.17, 15) is 0 Å². The molecule has 74 valence electrons. The van der Waals surface area contributed by atoms with Gasteiger partial charge < -0.3 is 0 Å². The van der Waals surface area contributed by atoms with Crippen molar-refractivity contribution >= 4 is 0 Å². The number of benzene rings is 2. The van der Waals surface area contributed by atoms with Crippen LogP contribution in [0.1, 0.15) is 23.5 Å². The Morgan fingerprint density at radius 1 is 0.733 bits per heavy atom. The van der Waals surface area contributed by atoms with E-state index >= 15 is 0 Å². The molecule has 0 radical (unpaired) electrons. The van der Waals surface area contributed by atoms with Crippen LogP contribution in [0.15, 0.2) is 60.7 Å². The van der Waals surface area contributed by atoms with Gasteiger partial charge in [0.2, 0.25) is 0 Å². The molecule has 0 aliphatic carbocycles. The molecule has 0 heterocycles. The van der Waals surface area contributed by atoms with Gasteiger partial charge in [0.05, 0.1) is 13.3 Å². The van der Waals surface area contributed by atoms with Crippen LogP contribution < -0.4 is 0 Å². The first-order valence-corrected chi connectivity index (χ1v) is 5.31. The van der Waals surface area contributed by atoms with Crippen molar-refractivity contribution in [3.8, 4) is 0 Å². The van der Waals surface area contributed by atoms with Gasteiger partial charge in [0.15, 0.2) is 0 Å². The molecule has 0 nitrogen and oxygen atoms in total. The van der Waals surface area contributed by atoms with Crippen LogP contribution in [-0.4, -0.2) is 0 Å². The second kappa shape index (κ2) is 4.70. The van der Waals surface area contributed by atoms with Gasteiger partial charge in [-0.2, -0.15) is 0 Å². The summed E-state index contributed by atoms with van der Waals surface area (Å²) >= 11 is 0. The molecule has 0 spiro atoms. The molecule has 15 heavy (non-hydrogen) atoms. The summed E-state index contributed by atoms with van der Waals surface area (Å²) in [5.41, 5.74) is 2.69. The van der Waals surface area contributed by atoms with Gasteiger partial charge in [-0.3, -0.25) is 0 Å². The zero-order chi connectivity index (χ0) is 10.5. The van der Waals surface area contributed by atoms with Crippen molar-refractivity contribution in [2.45, 2.75) is 12.3 Å². The molecule has 0 unspecified atom stereocenters. The minimum absolute atomic E-state index is 0.424. The van der Waals surface area contributed by atoms with Gasteiger partial charge in [0.1, 0.15) is 0 Å². The van der Waals surface area contributed by atoms with Crippen LogP contribution in [0, 0.1) is 6.92 Å². The molecule has 2 aromatic carbocycles. The largest absolute Gasteiger partial charge is 0.0959 e. The first-order chi connectivity index (χ1) is 7.42. The minimum Gasteiger partial charge on any atom is -0.0622 e. The van der Waals surface area contributed by atoms with E-state index in [-0.39, 0.29) is 0 Å². The van der Waals surface area contributed by atoms with Crippen LogP contribution in [-0.2, 0) is 0 Å². The smallest absolute Gasteiger partial charge is 0.0622 e. The van der Waals surface area contributed by atoms with Crippen LogP contribution in [0.25, 0.3) is 0 Å². The molecule has 0 amide bonds. The fraction of sp³-hybridized carbons (Fsp3) is 0.133. The lowest BCUT2D eigenvalue weighted by Gasteiger charge is -2.12. The van der Waals surface area contributed by atoms with E-state index in [2.05, 4.69) is 67.6 Å². The highest BCUT2D eigenvalue weighted by Crippen LogP contribution is 2.26. The van der Waals surface area contributed by atoms with Crippen molar-refractivity contribution in [2.24, 2.45) is 0 Å². The maximum absolute atomic E-state index is 4.04. The molecule has 0 aromatic heterocycles. The van der Waals surface area contributed by atoms with Crippen molar-refractivity contribution in [3.63, 3.8) is 0 Å². The summed E-state index contributed by atoms with van der Waals surface area (Å²) in [7, 11) is 0. The number of hydrogen-bond acceptors (Lipinski definition) is 0. The number of rotatable bonds is 3. The molecule has 0 bridgehead atoms. The molecule has 0 saturated heterocycles. The predicted molar refractivity (Wildman–Crippen MR) is 64.7 cm³/mol. The Labute approximate surface area is 91.6 Å². The highest BCUT2D eigenvalue weighted by atomic mass is 14.1. The molecule has 2 rings (SSSR count). The summed E-state index contributed by atoms with van der Waals surface area (Å²) in [6.45, 7) is 4.04. The summed E-state index contributed by atoms with van der Waals surface area (Å²) in [5.74, 6) is 0.424. The third-order valence-electron chi connectivity index (χ3n) is 2.69. The second-order valence-electron chi connectivity index (χ2n) is 3.66. The molecule has 0 fully saturated rings. The highest BCUT2D eigenvalue weighted by Gasteiger charge is 2.13. The van der Waals surface area contributed by atoms with Gasteiger partial charge in [-0.25, -0.2) is 0 Å². The van der Waals surface area contributed by atoms with Crippen LogP contribution in [0.3, 0.4) is 0 Å². The summed E-state index contributed by atoms with van der Waals surface area (Å²) < 4.78 is 0. The third kappa shape index (κ3) is 2.21. The van der Waals surface area contributed by atoms with E-state index in [0.717, 1.165) is 6.42 Å². The van der Waals surface area contributed by atoms with Crippen molar-refractivity contribution < 1.29 is 0 Å². The fourth-order valence-corrected chi connectivity index (χ4v) is 1.90. The second-order valence-corrected chi connectivity index (χ2v) is 3.66. The van der Waals surface area contributed by atoms with Crippen LogP contribution >= 0.6 is 0 Å². The molecule has 2 aromatic rings. The van der Waals surface area contributed by atoms with E-state index in [4.69, 9.17) is 0 Å². The van der Waals surface area contributed by atoms with E-state index < -0.39 is 0 Å². The summed E-state index contributed by atoms with van der Waals surface area (Å²) in [6.07, 6.45) is 0.897. The van der Waals surface area contributed by atoms with Crippen molar-refractivity contribution in [3.05, 3.63) is 78.7 Å².